The summed E-state index contributed by atoms with van der Waals surface area (Å²) in [5, 5.41) is 3.00. The van der Waals surface area contributed by atoms with E-state index in [0.29, 0.717) is 15.6 Å². The van der Waals surface area contributed by atoms with E-state index in [4.69, 9.17) is 29.0 Å². The molecule has 0 aliphatic rings. The van der Waals surface area contributed by atoms with Crippen molar-refractivity contribution in [1.29, 1.82) is 0 Å². The van der Waals surface area contributed by atoms with Gasteiger partial charge in [0.25, 0.3) is 0 Å². The fraction of sp³-hybridized carbons (Fsp3) is 0.167. The molecule has 1 unspecified atom stereocenters. The van der Waals surface area contributed by atoms with Crippen molar-refractivity contribution in [3.8, 4) is 0 Å². The summed E-state index contributed by atoms with van der Waals surface area (Å²) < 4.78 is 13.3. The highest BCUT2D eigenvalue weighted by Gasteiger charge is 2.21. The first kappa shape index (κ1) is 13.8. The lowest BCUT2D eigenvalue weighted by Crippen LogP contribution is -2.28. The average molecular weight is 305 g/mol. The summed E-state index contributed by atoms with van der Waals surface area (Å²) >= 11 is 13.7. The molecule has 18 heavy (non-hydrogen) atoms. The molecule has 0 amide bonds. The van der Waals surface area contributed by atoms with Gasteiger partial charge in [0.2, 0.25) is 0 Å². The molecule has 3 N–H and O–H groups in total. The number of hydrazine groups is 1. The molecule has 2 aromatic rings. The van der Waals surface area contributed by atoms with E-state index in [2.05, 4.69) is 5.43 Å². The van der Waals surface area contributed by atoms with Crippen LogP contribution in [0.2, 0.25) is 10.0 Å². The van der Waals surface area contributed by atoms with E-state index in [9.17, 15) is 4.39 Å². The van der Waals surface area contributed by atoms with Crippen molar-refractivity contribution in [3.05, 3.63) is 55.4 Å². The van der Waals surface area contributed by atoms with E-state index in [0.717, 1.165) is 10.4 Å². The number of benzene rings is 1. The molecule has 0 aliphatic heterocycles. The maximum absolute atomic E-state index is 13.3. The Labute approximate surface area is 118 Å². The molecular formula is C12H11Cl2FN2S. The monoisotopic (exact) mass is 304 g/mol. The number of thiophene rings is 1. The SMILES string of the molecule is Cc1csc(C(NN)c2cc(F)ccc2Cl)c1Cl. The molecule has 0 bridgehead atoms. The van der Waals surface area contributed by atoms with Gasteiger partial charge < -0.3 is 0 Å². The minimum atomic E-state index is -0.417. The van der Waals surface area contributed by atoms with E-state index in [1.54, 1.807) is 0 Å². The van der Waals surface area contributed by atoms with Gasteiger partial charge in [-0.15, -0.1) is 11.3 Å². The Balaban J connectivity index is 2.51. The highest BCUT2D eigenvalue weighted by Crippen LogP contribution is 2.37. The Bertz CT molecular complexity index is 571. The fourth-order valence-corrected chi connectivity index (χ4v) is 3.29. The van der Waals surface area contributed by atoms with E-state index >= 15 is 0 Å². The van der Waals surface area contributed by atoms with Crippen molar-refractivity contribution < 1.29 is 4.39 Å². The van der Waals surface area contributed by atoms with Gasteiger partial charge in [-0.05, 0) is 41.6 Å². The van der Waals surface area contributed by atoms with E-state index < -0.39 is 6.04 Å². The second-order valence-corrected chi connectivity index (χ2v) is 5.56. The predicted molar refractivity (Wildman–Crippen MR) is 74.6 cm³/mol. The van der Waals surface area contributed by atoms with E-state index in [-0.39, 0.29) is 5.82 Å². The average Bonchev–Trinajstić information content (AvgIpc) is 2.67. The third kappa shape index (κ3) is 2.53. The summed E-state index contributed by atoms with van der Waals surface area (Å²) in [6.07, 6.45) is 0. The van der Waals surface area contributed by atoms with Crippen LogP contribution in [0.4, 0.5) is 4.39 Å². The molecule has 1 heterocycles. The minimum Gasteiger partial charge on any atom is -0.271 e. The van der Waals surface area contributed by atoms with Crippen LogP contribution in [0.25, 0.3) is 0 Å². The van der Waals surface area contributed by atoms with Crippen LogP contribution in [0.1, 0.15) is 22.0 Å². The number of halogens is 3. The largest absolute Gasteiger partial charge is 0.271 e. The first-order chi connectivity index (χ1) is 8.54. The number of hydrogen-bond acceptors (Lipinski definition) is 3. The molecule has 1 aromatic carbocycles. The van der Waals surface area contributed by atoms with Crippen LogP contribution in [-0.4, -0.2) is 0 Å². The lowest BCUT2D eigenvalue weighted by Gasteiger charge is -2.17. The van der Waals surface area contributed by atoms with E-state index in [1.807, 2.05) is 12.3 Å². The molecule has 2 rings (SSSR count). The number of aryl methyl sites for hydroxylation is 1. The third-order valence-electron chi connectivity index (χ3n) is 2.62. The summed E-state index contributed by atoms with van der Waals surface area (Å²) in [5.41, 5.74) is 4.17. The van der Waals surface area contributed by atoms with Gasteiger partial charge >= 0.3 is 0 Å². The first-order valence-electron chi connectivity index (χ1n) is 5.19. The molecule has 6 heteroatoms. The maximum Gasteiger partial charge on any atom is 0.123 e. The van der Waals surface area contributed by atoms with Crippen molar-refractivity contribution in [1.82, 2.24) is 5.43 Å². The van der Waals surface area contributed by atoms with Crippen molar-refractivity contribution in [2.24, 2.45) is 5.84 Å². The Morgan fingerprint density at radius 3 is 2.67 bits per heavy atom. The minimum absolute atomic E-state index is 0.362. The molecular weight excluding hydrogens is 294 g/mol. The highest BCUT2D eigenvalue weighted by atomic mass is 35.5. The quantitative estimate of drug-likeness (QED) is 0.663. The highest BCUT2D eigenvalue weighted by molar-refractivity contribution is 7.10. The Morgan fingerprint density at radius 1 is 1.39 bits per heavy atom. The standard InChI is InChI=1S/C12H11Cl2FN2S/c1-6-5-18-12(10(6)14)11(17-16)8-4-7(15)2-3-9(8)13/h2-5,11,17H,16H2,1H3. The zero-order valence-electron chi connectivity index (χ0n) is 9.51. The summed E-state index contributed by atoms with van der Waals surface area (Å²) in [5.74, 6) is 5.19. The van der Waals surface area contributed by atoms with Gasteiger partial charge in [0, 0.05) is 9.90 Å². The maximum atomic E-state index is 13.3. The summed E-state index contributed by atoms with van der Waals surface area (Å²) in [6.45, 7) is 1.91. The van der Waals surface area contributed by atoms with Crippen molar-refractivity contribution in [2.75, 3.05) is 0 Å². The van der Waals surface area contributed by atoms with Gasteiger partial charge in [-0.3, -0.25) is 5.84 Å². The van der Waals surface area contributed by atoms with Crippen LogP contribution in [-0.2, 0) is 0 Å². The van der Waals surface area contributed by atoms with Crippen molar-refractivity contribution >= 4 is 34.5 Å². The molecule has 0 spiro atoms. The van der Waals surface area contributed by atoms with Crippen LogP contribution in [0.3, 0.4) is 0 Å². The van der Waals surface area contributed by atoms with Gasteiger partial charge in [0.05, 0.1) is 11.1 Å². The van der Waals surface area contributed by atoms with Crippen molar-refractivity contribution in [2.45, 2.75) is 13.0 Å². The van der Waals surface area contributed by atoms with E-state index in [1.165, 1.54) is 29.5 Å². The smallest absolute Gasteiger partial charge is 0.123 e. The van der Waals surface area contributed by atoms with Crippen LogP contribution in [0.5, 0.6) is 0 Å². The van der Waals surface area contributed by atoms with Gasteiger partial charge in [0.1, 0.15) is 5.82 Å². The molecule has 0 fully saturated rings. The second-order valence-electron chi connectivity index (χ2n) is 3.86. The number of nitrogens with two attached hydrogens (primary N) is 1. The summed E-state index contributed by atoms with van der Waals surface area (Å²) in [4.78, 5) is 0.823. The molecule has 2 nitrogen and oxygen atoms in total. The Kier molecular flexibility index (Phi) is 4.25. The predicted octanol–water partition coefficient (Wildman–Crippen LogP) is 4.06. The van der Waals surface area contributed by atoms with Gasteiger partial charge in [-0.25, -0.2) is 9.82 Å². The topological polar surface area (TPSA) is 38.0 Å². The normalized spacial score (nSPS) is 12.7. The summed E-state index contributed by atoms with van der Waals surface area (Å²) in [7, 11) is 0. The Morgan fingerprint density at radius 2 is 2.11 bits per heavy atom. The van der Waals surface area contributed by atoms with Gasteiger partial charge in [0.15, 0.2) is 0 Å². The Hall–Kier alpha value is -0.650. The fourth-order valence-electron chi connectivity index (χ4n) is 1.69. The number of hydrogen-bond donors (Lipinski definition) is 2. The zero-order chi connectivity index (χ0) is 13.3. The zero-order valence-corrected chi connectivity index (χ0v) is 11.8. The molecule has 0 radical (unpaired) electrons. The van der Waals surface area contributed by atoms with Gasteiger partial charge in [-0.1, -0.05) is 23.2 Å². The third-order valence-corrected chi connectivity index (χ3v) is 4.75. The summed E-state index contributed by atoms with van der Waals surface area (Å²) in [6, 6.07) is 3.75. The molecule has 96 valence electrons. The molecule has 0 aliphatic carbocycles. The lowest BCUT2D eigenvalue weighted by atomic mass is 10.1. The van der Waals surface area contributed by atoms with Crippen LogP contribution in [0.15, 0.2) is 23.6 Å². The van der Waals surface area contributed by atoms with Crippen LogP contribution >= 0.6 is 34.5 Å². The first-order valence-corrected chi connectivity index (χ1v) is 6.82. The molecule has 1 atom stereocenters. The van der Waals surface area contributed by atoms with Gasteiger partial charge in [-0.2, -0.15) is 0 Å². The number of rotatable bonds is 3. The lowest BCUT2D eigenvalue weighted by molar-refractivity contribution is 0.609. The molecule has 1 aromatic heterocycles. The van der Waals surface area contributed by atoms with Crippen LogP contribution in [0, 0.1) is 12.7 Å². The second kappa shape index (κ2) is 5.55. The molecule has 0 saturated carbocycles. The number of nitrogens with one attached hydrogen (secondary N) is 1. The van der Waals surface area contributed by atoms with Crippen molar-refractivity contribution in [3.63, 3.8) is 0 Å². The van der Waals surface area contributed by atoms with Crippen LogP contribution < -0.4 is 11.3 Å². The molecule has 0 saturated heterocycles.